The van der Waals surface area contributed by atoms with Gasteiger partial charge < -0.3 is 19.5 Å². The molecule has 0 bridgehead atoms. The third kappa shape index (κ3) is 5.97. The van der Waals surface area contributed by atoms with Gasteiger partial charge in [-0.05, 0) is 18.1 Å². The van der Waals surface area contributed by atoms with Crippen LogP contribution in [0.25, 0.3) is 0 Å². The Morgan fingerprint density at radius 3 is 2.50 bits per heavy atom. The Morgan fingerprint density at radius 1 is 1.18 bits per heavy atom. The third-order valence-corrected chi connectivity index (χ3v) is 3.90. The van der Waals surface area contributed by atoms with Crippen molar-refractivity contribution in [3.05, 3.63) is 64.2 Å². The van der Waals surface area contributed by atoms with Crippen LogP contribution in [0.2, 0.25) is 0 Å². The number of carbonyl (C=O) groups excluding carboxylic acids is 1. The molecule has 0 aromatic heterocycles. The van der Waals surface area contributed by atoms with Crippen molar-refractivity contribution in [1.29, 1.82) is 0 Å². The van der Waals surface area contributed by atoms with Crippen LogP contribution in [-0.2, 0) is 16.0 Å². The van der Waals surface area contributed by atoms with E-state index in [9.17, 15) is 19.7 Å². The SMILES string of the molecule is COc1cc(OCC(=O)N(CCc2ccccc2)CC(=O)O)ccc1[N+](=O)[O-]. The second-order valence-corrected chi connectivity index (χ2v) is 5.82. The predicted octanol–water partition coefficient (Wildman–Crippen LogP) is 2.14. The number of rotatable bonds is 10. The summed E-state index contributed by atoms with van der Waals surface area (Å²) >= 11 is 0. The highest BCUT2D eigenvalue weighted by molar-refractivity contribution is 5.82. The first-order valence-electron chi connectivity index (χ1n) is 8.39. The van der Waals surface area contributed by atoms with E-state index in [2.05, 4.69) is 0 Å². The fourth-order valence-corrected chi connectivity index (χ4v) is 2.50. The molecular weight excluding hydrogens is 368 g/mol. The van der Waals surface area contributed by atoms with E-state index in [1.807, 2.05) is 30.3 Å². The van der Waals surface area contributed by atoms with Crippen LogP contribution in [0.15, 0.2) is 48.5 Å². The van der Waals surface area contributed by atoms with Crippen LogP contribution in [0.5, 0.6) is 11.5 Å². The van der Waals surface area contributed by atoms with Crippen molar-refractivity contribution in [2.24, 2.45) is 0 Å². The number of ether oxygens (including phenoxy) is 2. The van der Waals surface area contributed by atoms with Crippen molar-refractivity contribution < 1.29 is 29.1 Å². The number of carboxylic acid groups (broad SMARTS) is 1. The number of nitro groups is 1. The van der Waals surface area contributed by atoms with Crippen molar-refractivity contribution in [1.82, 2.24) is 4.90 Å². The standard InChI is InChI=1S/C19H20N2O7/c1-27-17-11-15(7-8-16(17)21(25)26)28-13-18(22)20(12-19(23)24)10-9-14-5-3-2-4-6-14/h2-8,11H,9-10,12-13H2,1H3,(H,23,24). The van der Waals surface area contributed by atoms with E-state index in [0.29, 0.717) is 6.42 Å². The molecule has 0 aliphatic carbocycles. The van der Waals surface area contributed by atoms with Gasteiger partial charge in [0.05, 0.1) is 12.0 Å². The van der Waals surface area contributed by atoms with Gasteiger partial charge in [0, 0.05) is 18.7 Å². The maximum atomic E-state index is 12.4. The molecule has 9 heteroatoms. The molecule has 0 spiro atoms. The molecule has 0 radical (unpaired) electrons. The fraction of sp³-hybridized carbons (Fsp3) is 0.263. The van der Waals surface area contributed by atoms with E-state index >= 15 is 0 Å². The number of nitrogens with zero attached hydrogens (tertiary/aromatic N) is 2. The summed E-state index contributed by atoms with van der Waals surface area (Å²) in [5.41, 5.74) is 0.753. The molecule has 2 rings (SSSR count). The zero-order valence-electron chi connectivity index (χ0n) is 15.2. The van der Waals surface area contributed by atoms with Gasteiger partial charge in [-0.3, -0.25) is 19.7 Å². The minimum absolute atomic E-state index is 0.00131. The van der Waals surface area contributed by atoms with Gasteiger partial charge in [-0.1, -0.05) is 30.3 Å². The van der Waals surface area contributed by atoms with Crippen LogP contribution in [0.3, 0.4) is 0 Å². The Balaban J connectivity index is 2.00. The van der Waals surface area contributed by atoms with Gasteiger partial charge in [-0.15, -0.1) is 0 Å². The lowest BCUT2D eigenvalue weighted by Gasteiger charge is -2.21. The highest BCUT2D eigenvalue weighted by Crippen LogP contribution is 2.30. The number of carbonyl (C=O) groups is 2. The Bertz CT molecular complexity index is 839. The Labute approximate surface area is 161 Å². The summed E-state index contributed by atoms with van der Waals surface area (Å²) in [6.07, 6.45) is 0.505. The summed E-state index contributed by atoms with van der Waals surface area (Å²) in [5, 5.41) is 20.0. The highest BCUT2D eigenvalue weighted by Gasteiger charge is 2.19. The van der Waals surface area contributed by atoms with Crippen LogP contribution in [0, 0.1) is 10.1 Å². The summed E-state index contributed by atoms with van der Waals surface area (Å²) in [5.74, 6) is -1.43. The fourth-order valence-electron chi connectivity index (χ4n) is 2.50. The van der Waals surface area contributed by atoms with Crippen molar-refractivity contribution >= 4 is 17.6 Å². The number of hydrogen-bond donors (Lipinski definition) is 1. The van der Waals surface area contributed by atoms with Gasteiger partial charge in [-0.25, -0.2) is 0 Å². The molecule has 0 fully saturated rings. The Kier molecular flexibility index (Phi) is 7.32. The summed E-state index contributed by atoms with van der Waals surface area (Å²) in [7, 11) is 1.29. The monoisotopic (exact) mass is 388 g/mol. The molecule has 0 unspecified atom stereocenters. The zero-order valence-corrected chi connectivity index (χ0v) is 15.2. The van der Waals surface area contributed by atoms with Gasteiger partial charge in [0.25, 0.3) is 5.91 Å². The minimum Gasteiger partial charge on any atom is -0.490 e. The molecule has 0 heterocycles. The van der Waals surface area contributed by atoms with Crippen LogP contribution < -0.4 is 9.47 Å². The van der Waals surface area contributed by atoms with E-state index in [0.717, 1.165) is 5.56 Å². The minimum atomic E-state index is -1.13. The molecule has 1 amide bonds. The van der Waals surface area contributed by atoms with Crippen LogP contribution in [0.4, 0.5) is 5.69 Å². The molecule has 2 aromatic carbocycles. The van der Waals surface area contributed by atoms with Gasteiger partial charge in [-0.2, -0.15) is 0 Å². The van der Waals surface area contributed by atoms with Gasteiger partial charge in [0.15, 0.2) is 6.61 Å². The van der Waals surface area contributed by atoms with Crippen molar-refractivity contribution in [3.63, 3.8) is 0 Å². The van der Waals surface area contributed by atoms with Crippen LogP contribution in [-0.4, -0.2) is 53.6 Å². The van der Waals surface area contributed by atoms with E-state index in [1.165, 1.54) is 30.2 Å². The number of amides is 1. The lowest BCUT2D eigenvalue weighted by Crippen LogP contribution is -2.40. The number of nitro benzene ring substituents is 1. The number of aliphatic carboxylic acids is 1. The van der Waals surface area contributed by atoms with Crippen molar-refractivity contribution in [2.45, 2.75) is 6.42 Å². The zero-order chi connectivity index (χ0) is 20.5. The number of methoxy groups -OCH3 is 1. The van der Waals surface area contributed by atoms with Crippen LogP contribution in [0.1, 0.15) is 5.56 Å². The maximum absolute atomic E-state index is 12.4. The second kappa shape index (κ2) is 9.91. The smallest absolute Gasteiger partial charge is 0.323 e. The van der Waals surface area contributed by atoms with Gasteiger partial charge in [0.2, 0.25) is 5.75 Å². The van der Waals surface area contributed by atoms with Crippen molar-refractivity contribution in [2.75, 3.05) is 26.8 Å². The first-order valence-corrected chi connectivity index (χ1v) is 8.39. The normalized spacial score (nSPS) is 10.2. The topological polar surface area (TPSA) is 119 Å². The summed E-state index contributed by atoms with van der Waals surface area (Å²) in [6, 6.07) is 13.2. The summed E-state index contributed by atoms with van der Waals surface area (Å²) in [4.78, 5) is 35.0. The Hall–Kier alpha value is -3.62. The molecule has 28 heavy (non-hydrogen) atoms. The third-order valence-electron chi connectivity index (χ3n) is 3.90. The van der Waals surface area contributed by atoms with Crippen molar-refractivity contribution in [3.8, 4) is 11.5 Å². The summed E-state index contributed by atoms with van der Waals surface area (Å²) in [6.45, 7) is -0.621. The number of benzene rings is 2. The molecule has 0 saturated carbocycles. The first kappa shape index (κ1) is 20.7. The first-order chi connectivity index (χ1) is 13.4. The lowest BCUT2D eigenvalue weighted by atomic mass is 10.1. The van der Waals surface area contributed by atoms with E-state index in [4.69, 9.17) is 14.6 Å². The molecule has 0 aliphatic rings. The largest absolute Gasteiger partial charge is 0.490 e. The molecule has 148 valence electrons. The number of carboxylic acids is 1. The summed E-state index contributed by atoms with van der Waals surface area (Å²) < 4.78 is 10.3. The average Bonchev–Trinajstić information content (AvgIpc) is 2.69. The van der Waals surface area contributed by atoms with Gasteiger partial charge in [0.1, 0.15) is 12.3 Å². The molecule has 0 aliphatic heterocycles. The molecule has 1 N–H and O–H groups in total. The highest BCUT2D eigenvalue weighted by atomic mass is 16.6. The maximum Gasteiger partial charge on any atom is 0.323 e. The quantitative estimate of drug-likeness (QED) is 0.489. The molecule has 2 aromatic rings. The van der Waals surface area contributed by atoms with E-state index in [1.54, 1.807) is 0 Å². The molecule has 0 atom stereocenters. The average molecular weight is 388 g/mol. The molecule has 0 saturated heterocycles. The van der Waals surface area contributed by atoms with E-state index in [-0.39, 0.29) is 23.7 Å². The molecule has 9 nitrogen and oxygen atoms in total. The van der Waals surface area contributed by atoms with Gasteiger partial charge >= 0.3 is 11.7 Å². The predicted molar refractivity (Wildman–Crippen MR) is 99.5 cm³/mol. The second-order valence-electron chi connectivity index (χ2n) is 5.82. The molecular formula is C19H20N2O7. The lowest BCUT2D eigenvalue weighted by molar-refractivity contribution is -0.385. The Morgan fingerprint density at radius 2 is 1.89 bits per heavy atom. The van der Waals surface area contributed by atoms with E-state index < -0.39 is 30.0 Å². The van der Waals surface area contributed by atoms with Crippen LogP contribution >= 0.6 is 0 Å². The number of hydrogen-bond acceptors (Lipinski definition) is 6.